The maximum absolute atomic E-state index is 13.1. The molecular formula is C11H11FO4. The summed E-state index contributed by atoms with van der Waals surface area (Å²) in [6.07, 6.45) is -1.77. The first-order valence-corrected chi connectivity index (χ1v) is 4.60. The van der Waals surface area contributed by atoms with E-state index in [0.717, 1.165) is 12.1 Å². The van der Waals surface area contributed by atoms with Crippen molar-refractivity contribution in [2.24, 2.45) is 0 Å². The Morgan fingerprint density at radius 1 is 1.38 bits per heavy atom. The zero-order chi connectivity index (χ0) is 12.3. The maximum atomic E-state index is 13.1. The number of carboxylic acids is 1. The number of hydrogen-bond acceptors (Lipinski definition) is 3. The van der Waals surface area contributed by atoms with Crippen molar-refractivity contribution in [3.8, 4) is 0 Å². The quantitative estimate of drug-likeness (QED) is 0.805. The highest BCUT2D eigenvalue weighted by molar-refractivity contribution is 5.78. The molecule has 0 radical (unpaired) electrons. The van der Waals surface area contributed by atoms with E-state index >= 15 is 0 Å². The number of ketones is 1. The lowest BCUT2D eigenvalue weighted by molar-refractivity contribution is -0.146. The Kier molecular flexibility index (Phi) is 3.73. The van der Waals surface area contributed by atoms with E-state index in [4.69, 9.17) is 5.11 Å². The lowest BCUT2D eigenvalue weighted by atomic mass is 10.0. The van der Waals surface area contributed by atoms with Crippen LogP contribution in [0.15, 0.2) is 18.2 Å². The number of Topliss-reactive ketones (excluding diaryl/α,β-unsaturated/α-hetero) is 1. The normalized spacial score (nSPS) is 12.2. The van der Waals surface area contributed by atoms with Gasteiger partial charge < -0.3 is 10.2 Å². The highest BCUT2D eigenvalue weighted by Gasteiger charge is 2.17. The Morgan fingerprint density at radius 3 is 2.50 bits per heavy atom. The zero-order valence-corrected chi connectivity index (χ0v) is 8.61. The number of carbonyl (C=O) groups excluding carboxylic acids is 1. The first-order valence-electron chi connectivity index (χ1n) is 4.60. The topological polar surface area (TPSA) is 74.6 Å². The van der Waals surface area contributed by atoms with Gasteiger partial charge in [0.1, 0.15) is 11.6 Å². The molecule has 0 aliphatic heterocycles. The van der Waals surface area contributed by atoms with Gasteiger partial charge in [-0.3, -0.25) is 4.79 Å². The standard InChI is InChI=1S/C11H11FO4/c1-6(13)2-7-3-8(5-9(12)4-7)10(14)11(15)16/h3-5,10,14H,2H2,1H3,(H,15,16). The van der Waals surface area contributed by atoms with Gasteiger partial charge in [0.25, 0.3) is 0 Å². The van der Waals surface area contributed by atoms with Gasteiger partial charge in [0.05, 0.1) is 0 Å². The summed E-state index contributed by atoms with van der Waals surface area (Å²) in [6, 6.07) is 3.38. The van der Waals surface area contributed by atoms with E-state index < -0.39 is 17.9 Å². The summed E-state index contributed by atoms with van der Waals surface area (Å²) in [6.45, 7) is 1.35. The van der Waals surface area contributed by atoms with E-state index in [9.17, 15) is 19.1 Å². The third-order valence-corrected chi connectivity index (χ3v) is 1.98. The van der Waals surface area contributed by atoms with Crippen molar-refractivity contribution in [2.45, 2.75) is 19.4 Å². The van der Waals surface area contributed by atoms with Crippen molar-refractivity contribution >= 4 is 11.8 Å². The van der Waals surface area contributed by atoms with Crippen molar-refractivity contribution in [2.75, 3.05) is 0 Å². The molecule has 0 amide bonds. The van der Waals surface area contributed by atoms with Gasteiger partial charge in [0, 0.05) is 6.42 Å². The molecule has 0 aliphatic carbocycles. The lowest BCUT2D eigenvalue weighted by Crippen LogP contribution is -2.11. The molecule has 1 aromatic rings. The number of aliphatic hydroxyl groups is 1. The number of aliphatic carboxylic acids is 1. The number of aliphatic hydroxyl groups excluding tert-OH is 1. The molecule has 0 aromatic heterocycles. The minimum atomic E-state index is -1.78. The maximum Gasteiger partial charge on any atom is 0.337 e. The number of halogens is 1. The van der Waals surface area contributed by atoms with Crippen molar-refractivity contribution in [3.63, 3.8) is 0 Å². The fourth-order valence-corrected chi connectivity index (χ4v) is 1.37. The Balaban J connectivity index is 3.07. The van der Waals surface area contributed by atoms with Gasteiger partial charge in [0.15, 0.2) is 6.10 Å². The van der Waals surface area contributed by atoms with Crippen molar-refractivity contribution < 1.29 is 24.2 Å². The molecule has 1 atom stereocenters. The van der Waals surface area contributed by atoms with Crippen molar-refractivity contribution in [1.82, 2.24) is 0 Å². The van der Waals surface area contributed by atoms with E-state index in [2.05, 4.69) is 0 Å². The van der Waals surface area contributed by atoms with Crippen LogP contribution in [0.3, 0.4) is 0 Å². The molecule has 5 heteroatoms. The summed E-state index contributed by atoms with van der Waals surface area (Å²) in [5, 5.41) is 17.8. The van der Waals surface area contributed by atoms with E-state index in [1.807, 2.05) is 0 Å². The summed E-state index contributed by atoms with van der Waals surface area (Å²) in [5.74, 6) is -2.30. The third-order valence-electron chi connectivity index (χ3n) is 1.98. The monoisotopic (exact) mass is 226 g/mol. The minimum Gasteiger partial charge on any atom is -0.479 e. The highest BCUT2D eigenvalue weighted by atomic mass is 19.1. The fourth-order valence-electron chi connectivity index (χ4n) is 1.37. The number of carbonyl (C=O) groups is 2. The first-order chi connectivity index (χ1) is 7.40. The van der Waals surface area contributed by atoms with Crippen LogP contribution in [0.25, 0.3) is 0 Å². The summed E-state index contributed by atoms with van der Waals surface area (Å²) >= 11 is 0. The van der Waals surface area contributed by atoms with Crippen LogP contribution in [-0.2, 0) is 16.0 Å². The molecule has 1 unspecified atom stereocenters. The predicted molar refractivity (Wildman–Crippen MR) is 53.4 cm³/mol. The third kappa shape index (κ3) is 3.13. The van der Waals surface area contributed by atoms with Crippen molar-refractivity contribution in [1.29, 1.82) is 0 Å². The molecule has 0 saturated carbocycles. The van der Waals surface area contributed by atoms with Gasteiger partial charge in [-0.25, -0.2) is 9.18 Å². The van der Waals surface area contributed by atoms with Gasteiger partial charge in [-0.05, 0) is 30.2 Å². The van der Waals surface area contributed by atoms with Crippen LogP contribution in [0, 0.1) is 5.82 Å². The van der Waals surface area contributed by atoms with Gasteiger partial charge in [-0.15, -0.1) is 0 Å². The SMILES string of the molecule is CC(=O)Cc1cc(F)cc(C(O)C(=O)O)c1. The molecule has 4 nitrogen and oxygen atoms in total. The van der Waals surface area contributed by atoms with Crippen LogP contribution in [0.2, 0.25) is 0 Å². The van der Waals surface area contributed by atoms with Gasteiger partial charge in [-0.2, -0.15) is 0 Å². The van der Waals surface area contributed by atoms with Gasteiger partial charge >= 0.3 is 5.97 Å². The van der Waals surface area contributed by atoms with Gasteiger partial charge in [-0.1, -0.05) is 6.07 Å². The second-order valence-corrected chi connectivity index (χ2v) is 3.51. The molecule has 1 rings (SSSR count). The Morgan fingerprint density at radius 2 is 2.00 bits per heavy atom. The molecule has 0 heterocycles. The van der Waals surface area contributed by atoms with Crippen LogP contribution in [-0.4, -0.2) is 22.0 Å². The molecule has 16 heavy (non-hydrogen) atoms. The molecule has 1 aromatic carbocycles. The van der Waals surface area contributed by atoms with Crippen LogP contribution >= 0.6 is 0 Å². The summed E-state index contributed by atoms with van der Waals surface area (Å²) in [5.41, 5.74) is 0.284. The summed E-state index contributed by atoms with van der Waals surface area (Å²) < 4.78 is 13.1. The molecular weight excluding hydrogens is 215 g/mol. The molecule has 0 aliphatic rings. The smallest absolute Gasteiger partial charge is 0.337 e. The molecule has 86 valence electrons. The Labute approximate surface area is 91.3 Å². The first kappa shape index (κ1) is 12.3. The van der Waals surface area contributed by atoms with E-state index in [1.54, 1.807) is 0 Å². The van der Waals surface area contributed by atoms with E-state index in [0.29, 0.717) is 5.56 Å². The average molecular weight is 226 g/mol. The predicted octanol–water partition coefficient (Wildman–Crippen LogP) is 1.08. The molecule has 0 spiro atoms. The highest BCUT2D eigenvalue weighted by Crippen LogP contribution is 2.17. The van der Waals surface area contributed by atoms with Crippen LogP contribution < -0.4 is 0 Å². The number of rotatable bonds is 4. The van der Waals surface area contributed by atoms with E-state index in [1.165, 1.54) is 13.0 Å². The number of benzene rings is 1. The average Bonchev–Trinajstić information content (AvgIpc) is 2.14. The lowest BCUT2D eigenvalue weighted by Gasteiger charge is -2.08. The second kappa shape index (κ2) is 4.85. The largest absolute Gasteiger partial charge is 0.479 e. The number of hydrogen-bond donors (Lipinski definition) is 2. The Bertz CT molecular complexity index is 428. The van der Waals surface area contributed by atoms with Crippen LogP contribution in [0.4, 0.5) is 4.39 Å². The van der Waals surface area contributed by atoms with Crippen LogP contribution in [0.1, 0.15) is 24.2 Å². The summed E-state index contributed by atoms with van der Waals surface area (Å²) in [7, 11) is 0. The molecule has 2 N–H and O–H groups in total. The zero-order valence-electron chi connectivity index (χ0n) is 8.61. The van der Waals surface area contributed by atoms with Gasteiger partial charge in [0.2, 0.25) is 0 Å². The minimum absolute atomic E-state index is 0.0110. The second-order valence-electron chi connectivity index (χ2n) is 3.51. The Hall–Kier alpha value is -1.75. The van der Waals surface area contributed by atoms with E-state index in [-0.39, 0.29) is 17.8 Å². The van der Waals surface area contributed by atoms with Crippen molar-refractivity contribution in [3.05, 3.63) is 35.1 Å². The molecule has 0 bridgehead atoms. The number of carboxylic acid groups (broad SMARTS) is 1. The summed E-state index contributed by atoms with van der Waals surface area (Å²) in [4.78, 5) is 21.3. The fraction of sp³-hybridized carbons (Fsp3) is 0.273. The molecule has 0 fully saturated rings. The molecule has 0 saturated heterocycles. The van der Waals surface area contributed by atoms with Crippen LogP contribution in [0.5, 0.6) is 0 Å².